The third-order valence-corrected chi connectivity index (χ3v) is 7.78. The van der Waals surface area contributed by atoms with E-state index in [1.807, 2.05) is 43.3 Å². The topological polar surface area (TPSA) is 93.9 Å². The first-order valence-corrected chi connectivity index (χ1v) is 12.8. The quantitative estimate of drug-likeness (QED) is 0.280. The van der Waals surface area contributed by atoms with Crippen LogP contribution in [-0.4, -0.2) is 37.2 Å². The van der Waals surface area contributed by atoms with E-state index in [-0.39, 0.29) is 29.0 Å². The fraction of sp³-hybridized carbons (Fsp3) is 0.172. The molecule has 0 bridgehead atoms. The number of nitrogens with zero attached hydrogens (tertiary/aromatic N) is 2. The van der Waals surface area contributed by atoms with Gasteiger partial charge in [0.1, 0.15) is 22.6 Å². The highest BCUT2D eigenvalue weighted by atomic mass is 32.2. The van der Waals surface area contributed by atoms with Gasteiger partial charge < -0.3 is 20.2 Å². The number of hydrogen-bond acceptors (Lipinski definition) is 6. The second-order valence-electron chi connectivity index (χ2n) is 8.95. The number of rotatable bonds is 7. The van der Waals surface area contributed by atoms with Crippen LogP contribution in [0.2, 0.25) is 0 Å². The standard InChI is InChI=1S/C29H25FN2O4S/c1-17-2-3-20(15-31-17)18-6-10-22(11-7-18)32-27(24-13-12-23(33)14-25(24)34)28(29(32)36)37-16-26(35)19-4-8-21(30)9-5-19/h2-15,26-28,33-35H,16H2,1H3/t26-,27+,28+/m0/s1. The number of β-lactam (4-membered cyclic amide) rings is 1. The molecule has 37 heavy (non-hydrogen) atoms. The number of carbonyl (C=O) groups excluding carboxylic acids is 1. The van der Waals surface area contributed by atoms with Crippen LogP contribution >= 0.6 is 11.8 Å². The number of aliphatic hydroxyl groups excluding tert-OH is 1. The summed E-state index contributed by atoms with van der Waals surface area (Å²) >= 11 is 1.28. The average molecular weight is 517 g/mol. The van der Waals surface area contributed by atoms with Gasteiger partial charge in [-0.1, -0.05) is 30.3 Å². The van der Waals surface area contributed by atoms with Crippen LogP contribution in [-0.2, 0) is 4.79 Å². The summed E-state index contributed by atoms with van der Waals surface area (Å²) in [7, 11) is 0. The molecule has 1 saturated heterocycles. The molecule has 5 rings (SSSR count). The first kappa shape index (κ1) is 24.8. The number of benzene rings is 3. The van der Waals surface area contributed by atoms with E-state index < -0.39 is 17.4 Å². The summed E-state index contributed by atoms with van der Waals surface area (Å²) in [6, 6.07) is 20.9. The minimum Gasteiger partial charge on any atom is -0.508 e. The molecular formula is C29H25FN2O4S. The van der Waals surface area contributed by atoms with Crippen molar-refractivity contribution in [3.05, 3.63) is 108 Å². The van der Waals surface area contributed by atoms with Gasteiger partial charge in [0.2, 0.25) is 5.91 Å². The fourth-order valence-electron chi connectivity index (χ4n) is 4.43. The Morgan fingerprint density at radius 3 is 2.32 bits per heavy atom. The highest BCUT2D eigenvalue weighted by Gasteiger charge is 2.50. The monoisotopic (exact) mass is 516 g/mol. The maximum atomic E-state index is 13.3. The van der Waals surface area contributed by atoms with Crippen molar-refractivity contribution in [2.75, 3.05) is 10.7 Å². The van der Waals surface area contributed by atoms with Crippen molar-refractivity contribution >= 4 is 23.4 Å². The largest absolute Gasteiger partial charge is 0.508 e. The summed E-state index contributed by atoms with van der Waals surface area (Å²) in [4.78, 5) is 19.3. The van der Waals surface area contributed by atoms with Gasteiger partial charge in [0.25, 0.3) is 0 Å². The molecule has 0 aliphatic carbocycles. The Labute approximate surface area is 218 Å². The van der Waals surface area contributed by atoms with Gasteiger partial charge >= 0.3 is 0 Å². The van der Waals surface area contributed by atoms with Crippen LogP contribution < -0.4 is 4.90 Å². The van der Waals surface area contributed by atoms with Gasteiger partial charge in [-0.15, -0.1) is 11.8 Å². The number of halogens is 1. The van der Waals surface area contributed by atoms with Gasteiger partial charge in [-0.25, -0.2) is 4.39 Å². The van der Waals surface area contributed by atoms with Crippen LogP contribution in [0.15, 0.2) is 85.1 Å². The molecule has 1 amide bonds. The Bertz CT molecular complexity index is 1410. The predicted octanol–water partition coefficient (Wildman–Crippen LogP) is 5.53. The smallest absolute Gasteiger partial charge is 0.243 e. The number of phenolic OH excluding ortho intramolecular Hbond substituents is 2. The zero-order valence-electron chi connectivity index (χ0n) is 20.0. The van der Waals surface area contributed by atoms with Gasteiger partial charge in [-0.2, -0.15) is 0 Å². The highest BCUT2D eigenvalue weighted by molar-refractivity contribution is 8.00. The summed E-state index contributed by atoms with van der Waals surface area (Å²) < 4.78 is 13.2. The maximum absolute atomic E-state index is 13.3. The van der Waals surface area contributed by atoms with Crippen molar-refractivity contribution in [2.45, 2.75) is 24.3 Å². The molecule has 1 aromatic heterocycles. The van der Waals surface area contributed by atoms with E-state index in [1.165, 1.54) is 48.2 Å². The zero-order chi connectivity index (χ0) is 26.1. The summed E-state index contributed by atoms with van der Waals surface area (Å²) in [5.74, 6) is -0.524. The van der Waals surface area contributed by atoms with E-state index in [2.05, 4.69) is 4.98 Å². The fourth-order valence-corrected chi connectivity index (χ4v) is 5.71. The highest BCUT2D eigenvalue weighted by Crippen LogP contribution is 2.48. The van der Waals surface area contributed by atoms with Gasteiger partial charge in [0, 0.05) is 40.5 Å². The predicted molar refractivity (Wildman–Crippen MR) is 142 cm³/mol. The number of hydrogen-bond donors (Lipinski definition) is 3. The van der Waals surface area contributed by atoms with Crippen molar-refractivity contribution in [1.29, 1.82) is 0 Å². The minimum atomic E-state index is -0.885. The molecule has 2 heterocycles. The van der Waals surface area contributed by atoms with Crippen molar-refractivity contribution in [3.63, 3.8) is 0 Å². The number of aliphatic hydroxyl groups is 1. The SMILES string of the molecule is Cc1ccc(-c2ccc(N3C(=O)[C@H](SC[C@H](O)c4ccc(F)cc4)[C@H]3c3ccc(O)cc3O)cc2)cn1. The molecule has 1 fully saturated rings. The van der Waals surface area contributed by atoms with E-state index in [4.69, 9.17) is 0 Å². The number of aromatic hydroxyl groups is 2. The number of thioether (sulfide) groups is 1. The molecule has 6 nitrogen and oxygen atoms in total. The Kier molecular flexibility index (Phi) is 6.86. The molecule has 1 aliphatic heterocycles. The number of aromatic nitrogens is 1. The molecule has 3 atom stereocenters. The lowest BCUT2D eigenvalue weighted by molar-refractivity contribution is -0.123. The number of amides is 1. The molecule has 0 unspecified atom stereocenters. The Balaban J connectivity index is 1.40. The van der Waals surface area contributed by atoms with E-state index >= 15 is 0 Å². The number of phenols is 2. The zero-order valence-corrected chi connectivity index (χ0v) is 20.8. The molecule has 1 aliphatic rings. The van der Waals surface area contributed by atoms with Crippen molar-refractivity contribution in [2.24, 2.45) is 0 Å². The lowest BCUT2D eigenvalue weighted by Gasteiger charge is -2.47. The molecule has 3 aromatic carbocycles. The third kappa shape index (κ3) is 5.03. The van der Waals surface area contributed by atoms with Crippen LogP contribution in [0.3, 0.4) is 0 Å². The van der Waals surface area contributed by atoms with E-state index in [9.17, 15) is 24.5 Å². The Morgan fingerprint density at radius 1 is 0.973 bits per heavy atom. The van der Waals surface area contributed by atoms with Crippen LogP contribution in [0.4, 0.5) is 10.1 Å². The molecule has 0 spiro atoms. The van der Waals surface area contributed by atoms with Crippen molar-refractivity contribution in [3.8, 4) is 22.6 Å². The Morgan fingerprint density at radius 2 is 1.68 bits per heavy atom. The molecule has 0 radical (unpaired) electrons. The molecule has 8 heteroatoms. The molecular weight excluding hydrogens is 491 g/mol. The minimum absolute atomic E-state index is 0.0783. The van der Waals surface area contributed by atoms with Gasteiger partial charge in [0.05, 0.1) is 12.1 Å². The summed E-state index contributed by atoms with van der Waals surface area (Å²) in [5.41, 5.74) is 4.57. The lowest BCUT2D eigenvalue weighted by Crippen LogP contribution is -2.57. The molecule has 3 N–H and O–H groups in total. The first-order chi connectivity index (χ1) is 17.8. The average Bonchev–Trinajstić information content (AvgIpc) is 2.89. The maximum Gasteiger partial charge on any atom is 0.243 e. The van der Waals surface area contributed by atoms with Crippen LogP contribution in [0.25, 0.3) is 11.1 Å². The van der Waals surface area contributed by atoms with E-state index in [0.717, 1.165) is 16.8 Å². The van der Waals surface area contributed by atoms with Crippen LogP contribution in [0.1, 0.15) is 29.0 Å². The first-order valence-electron chi connectivity index (χ1n) is 11.7. The number of pyridine rings is 1. The van der Waals surface area contributed by atoms with E-state index in [1.54, 1.807) is 17.2 Å². The lowest BCUT2D eigenvalue weighted by atomic mass is 9.91. The second-order valence-corrected chi connectivity index (χ2v) is 10.1. The molecule has 4 aromatic rings. The van der Waals surface area contributed by atoms with Crippen LogP contribution in [0, 0.1) is 12.7 Å². The van der Waals surface area contributed by atoms with Gasteiger partial charge in [-0.3, -0.25) is 9.78 Å². The van der Waals surface area contributed by atoms with Crippen molar-refractivity contribution in [1.82, 2.24) is 4.98 Å². The summed E-state index contributed by atoms with van der Waals surface area (Å²) in [6.07, 6.45) is 0.916. The van der Waals surface area contributed by atoms with Gasteiger partial charge in [-0.05, 0) is 60.5 Å². The third-order valence-electron chi connectivity index (χ3n) is 6.46. The second kappa shape index (κ2) is 10.2. The van der Waals surface area contributed by atoms with Gasteiger partial charge in [0.15, 0.2) is 0 Å². The van der Waals surface area contributed by atoms with Crippen LogP contribution in [0.5, 0.6) is 11.5 Å². The normalized spacial score (nSPS) is 17.9. The Hall–Kier alpha value is -3.88. The van der Waals surface area contributed by atoms with E-state index in [0.29, 0.717) is 16.8 Å². The number of anilines is 1. The summed E-state index contributed by atoms with van der Waals surface area (Å²) in [6.45, 7) is 1.92. The number of aryl methyl sites for hydroxylation is 1. The van der Waals surface area contributed by atoms with Crippen molar-refractivity contribution < 1.29 is 24.5 Å². The molecule has 188 valence electrons. The summed E-state index contributed by atoms with van der Waals surface area (Å²) in [5, 5.41) is 30.4. The number of carbonyl (C=O) groups is 1. The molecule has 0 saturated carbocycles.